The Morgan fingerprint density at radius 2 is 0.889 bits per heavy atom. The Kier molecular flexibility index (Phi) is 8.55. The van der Waals surface area contributed by atoms with Gasteiger partial charge in [-0.25, -0.2) is 9.97 Å². The van der Waals surface area contributed by atoms with E-state index in [1.807, 2.05) is 18.2 Å². The van der Waals surface area contributed by atoms with Crippen molar-refractivity contribution in [1.82, 2.24) is 9.97 Å². The Labute approximate surface area is 367 Å². The zero-order chi connectivity index (χ0) is 42.1. The molecule has 2 heteroatoms. The highest BCUT2D eigenvalue weighted by Crippen LogP contribution is 2.52. The molecule has 296 valence electrons. The number of aromatic nitrogens is 2. The fourth-order valence-corrected chi connectivity index (χ4v) is 10.2. The highest BCUT2D eigenvalue weighted by molar-refractivity contribution is 6.20. The minimum absolute atomic E-state index is 0.0944. The van der Waals surface area contributed by atoms with Gasteiger partial charge >= 0.3 is 0 Å². The number of rotatable bonds is 6. The zero-order valence-electron chi connectivity index (χ0n) is 35.2. The minimum Gasteiger partial charge on any atom is -0.228 e. The lowest BCUT2D eigenvalue weighted by molar-refractivity contribution is 0.662. The first kappa shape index (κ1) is 36.9. The maximum Gasteiger partial charge on any atom is 0.160 e. The van der Waals surface area contributed by atoms with Gasteiger partial charge in [-0.3, -0.25) is 0 Å². The van der Waals surface area contributed by atoms with Crippen LogP contribution >= 0.6 is 0 Å². The molecule has 0 spiro atoms. The molecule has 0 unspecified atom stereocenters. The summed E-state index contributed by atoms with van der Waals surface area (Å²) in [5.41, 5.74) is 17.4. The van der Waals surface area contributed by atoms with Crippen molar-refractivity contribution in [1.29, 1.82) is 0 Å². The Morgan fingerprint density at radius 1 is 0.317 bits per heavy atom. The quantitative estimate of drug-likeness (QED) is 0.124. The highest BCUT2D eigenvalue weighted by atomic mass is 14.9. The highest BCUT2D eigenvalue weighted by Gasteiger charge is 2.37. The van der Waals surface area contributed by atoms with Crippen LogP contribution in [0.4, 0.5) is 0 Å². The predicted octanol–water partition coefficient (Wildman–Crippen LogP) is 16.2. The van der Waals surface area contributed by atoms with Gasteiger partial charge in [0.25, 0.3) is 0 Å². The van der Waals surface area contributed by atoms with Crippen LogP contribution in [0.2, 0.25) is 0 Å². The maximum atomic E-state index is 5.22. The first-order chi connectivity index (χ1) is 31.0. The van der Waals surface area contributed by atoms with Gasteiger partial charge in [-0.15, -0.1) is 0 Å². The van der Waals surface area contributed by atoms with E-state index < -0.39 is 0 Å². The van der Waals surface area contributed by atoms with Gasteiger partial charge in [0.2, 0.25) is 0 Å². The van der Waals surface area contributed by atoms with E-state index in [4.69, 9.17) is 9.97 Å². The molecule has 0 fully saturated rings. The monoisotopic (exact) mass is 802 g/mol. The third-order valence-electron chi connectivity index (χ3n) is 13.2. The summed E-state index contributed by atoms with van der Waals surface area (Å²) in [5, 5.41) is 7.55. The van der Waals surface area contributed by atoms with E-state index >= 15 is 0 Å². The minimum atomic E-state index is -0.0944. The molecule has 0 atom stereocenters. The van der Waals surface area contributed by atoms with E-state index in [2.05, 4.69) is 214 Å². The topological polar surface area (TPSA) is 25.8 Å². The van der Waals surface area contributed by atoms with Crippen LogP contribution in [0.3, 0.4) is 0 Å². The molecule has 12 rings (SSSR count). The van der Waals surface area contributed by atoms with E-state index in [1.165, 1.54) is 76.8 Å². The Bertz CT molecular complexity index is 3580. The van der Waals surface area contributed by atoms with Gasteiger partial charge in [0, 0.05) is 22.1 Å². The Balaban J connectivity index is 0.943. The van der Waals surface area contributed by atoms with Crippen molar-refractivity contribution >= 4 is 32.3 Å². The molecule has 1 aliphatic carbocycles. The average molecular weight is 803 g/mol. The van der Waals surface area contributed by atoms with Gasteiger partial charge in [0.1, 0.15) is 0 Å². The van der Waals surface area contributed by atoms with Crippen molar-refractivity contribution in [2.45, 2.75) is 19.3 Å². The van der Waals surface area contributed by atoms with E-state index in [0.717, 1.165) is 39.2 Å². The summed E-state index contributed by atoms with van der Waals surface area (Å²) in [6.07, 6.45) is 0. The van der Waals surface area contributed by atoms with Crippen molar-refractivity contribution in [2.24, 2.45) is 0 Å². The van der Waals surface area contributed by atoms with E-state index in [-0.39, 0.29) is 5.41 Å². The summed E-state index contributed by atoms with van der Waals surface area (Å²) in [5.74, 6) is 0.704. The molecule has 0 bridgehead atoms. The van der Waals surface area contributed by atoms with Crippen LogP contribution in [0.5, 0.6) is 0 Å². The summed E-state index contributed by atoms with van der Waals surface area (Å²) in [4.78, 5) is 10.4. The average Bonchev–Trinajstić information content (AvgIpc) is 3.59. The molecule has 2 nitrogen and oxygen atoms in total. The molecule has 1 aliphatic rings. The second kappa shape index (κ2) is 14.6. The number of nitrogens with zero attached hydrogens (tertiary/aromatic N) is 2. The largest absolute Gasteiger partial charge is 0.228 e. The van der Waals surface area contributed by atoms with Crippen LogP contribution in [0.15, 0.2) is 218 Å². The summed E-state index contributed by atoms with van der Waals surface area (Å²) >= 11 is 0. The molecule has 10 aromatic carbocycles. The second-order valence-corrected chi connectivity index (χ2v) is 17.3. The molecule has 0 aliphatic heterocycles. The van der Waals surface area contributed by atoms with E-state index in [9.17, 15) is 0 Å². The van der Waals surface area contributed by atoms with Crippen molar-refractivity contribution < 1.29 is 0 Å². The lowest BCUT2D eigenvalue weighted by Crippen LogP contribution is -2.16. The molecule has 63 heavy (non-hydrogen) atoms. The van der Waals surface area contributed by atoms with Crippen LogP contribution in [-0.4, -0.2) is 9.97 Å². The Morgan fingerprint density at radius 3 is 1.70 bits per heavy atom. The third kappa shape index (κ3) is 6.17. The first-order valence-corrected chi connectivity index (χ1v) is 21.8. The molecular formula is C61H42N2. The van der Waals surface area contributed by atoms with Gasteiger partial charge in [0.15, 0.2) is 5.82 Å². The molecule has 11 aromatic rings. The zero-order valence-corrected chi connectivity index (χ0v) is 35.2. The molecule has 0 N–H and O–H groups in total. The first-order valence-electron chi connectivity index (χ1n) is 21.8. The smallest absolute Gasteiger partial charge is 0.160 e. The molecule has 0 saturated carbocycles. The van der Waals surface area contributed by atoms with E-state index in [1.54, 1.807) is 0 Å². The normalized spacial score (nSPS) is 12.7. The van der Waals surface area contributed by atoms with Gasteiger partial charge in [-0.05, 0) is 112 Å². The number of fused-ring (bicyclic) bond motifs is 7. The lowest BCUT2D eigenvalue weighted by atomic mass is 9.79. The predicted molar refractivity (Wildman–Crippen MR) is 265 cm³/mol. The van der Waals surface area contributed by atoms with E-state index in [0.29, 0.717) is 5.82 Å². The third-order valence-corrected chi connectivity index (χ3v) is 13.2. The molecule has 0 radical (unpaired) electrons. The second-order valence-electron chi connectivity index (χ2n) is 17.3. The Hall–Kier alpha value is -7.94. The molecule has 1 aromatic heterocycles. The maximum absolute atomic E-state index is 5.22. The van der Waals surface area contributed by atoms with Crippen molar-refractivity contribution in [3.63, 3.8) is 0 Å². The SMILES string of the molecule is CC1(C)c2ccccc2-c2cccc(-c3ccc(-c4cc(-c5cccc(-c6cccc(-c7c8ccccc8cc8c7ccc7ccccc78)c6)c5)nc(-c5ccccc5)n4)cc3)c21. The summed E-state index contributed by atoms with van der Waals surface area (Å²) in [7, 11) is 0. The van der Waals surface area contributed by atoms with Gasteiger partial charge in [-0.1, -0.05) is 208 Å². The molecule has 0 saturated heterocycles. The standard InChI is InChI=1S/C61H42N2/c1-61(2)55-28-11-10-25-51(55)53-27-14-26-50(59(53)61)40-29-31-41(32-30-40)56-38-57(63-60(62-56)42-16-4-3-5-17-42)46-21-12-19-43(35-46)44-20-13-22-47(36-44)58-49-24-9-7-18-45(49)37-54-48-23-8-6-15-39(48)33-34-52(54)58/h3-38H,1-2H3. The molecular weight excluding hydrogens is 761 g/mol. The van der Waals surface area contributed by atoms with Gasteiger partial charge in [-0.2, -0.15) is 0 Å². The lowest BCUT2D eigenvalue weighted by Gasteiger charge is -2.24. The summed E-state index contributed by atoms with van der Waals surface area (Å²) in [6, 6.07) is 79.1. The van der Waals surface area contributed by atoms with Crippen LogP contribution in [0.25, 0.3) is 111 Å². The van der Waals surface area contributed by atoms with Crippen molar-refractivity contribution in [2.75, 3.05) is 0 Å². The number of benzene rings is 10. The summed E-state index contributed by atoms with van der Waals surface area (Å²) in [6.45, 7) is 4.70. The van der Waals surface area contributed by atoms with Crippen LogP contribution in [0, 0.1) is 0 Å². The number of hydrogen-bond acceptors (Lipinski definition) is 2. The molecule has 0 amide bonds. The van der Waals surface area contributed by atoms with Crippen LogP contribution in [0.1, 0.15) is 25.0 Å². The molecule has 1 heterocycles. The number of hydrogen-bond donors (Lipinski definition) is 0. The fourth-order valence-electron chi connectivity index (χ4n) is 10.2. The van der Waals surface area contributed by atoms with Crippen molar-refractivity contribution in [3.8, 4) is 78.4 Å². The van der Waals surface area contributed by atoms with Crippen LogP contribution in [-0.2, 0) is 5.41 Å². The van der Waals surface area contributed by atoms with Gasteiger partial charge in [0.05, 0.1) is 11.4 Å². The fraction of sp³-hybridized carbons (Fsp3) is 0.0492. The van der Waals surface area contributed by atoms with Crippen LogP contribution < -0.4 is 0 Å². The van der Waals surface area contributed by atoms with Crippen molar-refractivity contribution in [3.05, 3.63) is 230 Å². The van der Waals surface area contributed by atoms with Gasteiger partial charge < -0.3 is 0 Å². The summed E-state index contributed by atoms with van der Waals surface area (Å²) < 4.78 is 0.